The summed E-state index contributed by atoms with van der Waals surface area (Å²) < 4.78 is 22.8. The third-order valence-electron chi connectivity index (χ3n) is 12.6. The van der Waals surface area contributed by atoms with Crippen molar-refractivity contribution >= 4 is 13.7 Å². The molecule has 9 N–H and O–H groups in total. The predicted molar refractivity (Wildman–Crippen MR) is 270 cm³/mol. The van der Waals surface area contributed by atoms with Crippen molar-refractivity contribution in [3.63, 3.8) is 0 Å². The lowest BCUT2D eigenvalue weighted by atomic mass is 9.85. The van der Waals surface area contributed by atoms with E-state index in [0.29, 0.717) is 12.8 Å². The quantitative estimate of drug-likeness (QED) is 0.0158. The smallest absolute Gasteiger partial charge is 0.393 e. The number of unbranched alkanes of at least 4 members (excludes halogenated alkanes) is 25. The van der Waals surface area contributed by atoms with E-state index in [0.717, 1.165) is 57.8 Å². The van der Waals surface area contributed by atoms with Gasteiger partial charge in [0.2, 0.25) is 5.91 Å². The highest BCUT2D eigenvalue weighted by atomic mass is 31.2. The molecule has 0 aromatic rings. The van der Waals surface area contributed by atoms with E-state index < -0.39 is 75.2 Å². The average molecular weight is 972 g/mol. The molecular formula is C53H98NO12P. The van der Waals surface area contributed by atoms with E-state index >= 15 is 0 Å². The zero-order chi connectivity index (χ0) is 49.4. The molecule has 0 aliphatic heterocycles. The summed E-state index contributed by atoms with van der Waals surface area (Å²) in [6, 6.07) is -1.26. The lowest BCUT2D eigenvalue weighted by Gasteiger charge is -2.41. The summed E-state index contributed by atoms with van der Waals surface area (Å²) >= 11 is 0. The molecule has 8 unspecified atom stereocenters. The number of nitrogens with one attached hydrogen (secondary N) is 1. The molecule has 1 amide bonds. The number of rotatable bonds is 44. The van der Waals surface area contributed by atoms with Crippen molar-refractivity contribution in [2.24, 2.45) is 0 Å². The van der Waals surface area contributed by atoms with Crippen LogP contribution in [0.2, 0.25) is 0 Å². The highest BCUT2D eigenvalue weighted by Crippen LogP contribution is 2.47. The minimum atomic E-state index is -5.14. The SMILES string of the molecule is CCCC/C=C/CC/C=C/C(O)C(COP(=O)(O)OC1C(O)C(O)C(O)C(O)C1O)NC(=O)CC(O)CCCCCCCCCCCCCCC/C=C\C/C=C\CCCCCCCCCCC. The molecule has 1 fully saturated rings. The largest absolute Gasteiger partial charge is 0.472 e. The Morgan fingerprint density at radius 1 is 0.537 bits per heavy atom. The van der Waals surface area contributed by atoms with Crippen LogP contribution in [0.4, 0.5) is 0 Å². The summed E-state index contributed by atoms with van der Waals surface area (Å²) in [7, 11) is -5.14. The maximum absolute atomic E-state index is 13.0. The molecular weight excluding hydrogens is 874 g/mol. The van der Waals surface area contributed by atoms with E-state index in [1.807, 2.05) is 6.08 Å². The summed E-state index contributed by atoms with van der Waals surface area (Å²) in [6.45, 7) is 3.64. The standard InChI is InChI=1S/C53H98NO12P/c1-3-5-7-9-11-13-14-15-16-17-18-19-20-21-22-23-24-25-26-27-28-29-30-31-32-33-34-36-38-40-44(55)42-47(57)54-45(46(56)41-39-37-35-12-10-8-6-4-2)43-65-67(63,64)66-53-51(61)49(59)48(58)50(60)52(53)62/h10,12,18-19,21-22,39,41,44-46,48-53,55-56,58-62H,3-9,11,13-17,20,23-38,40,42-43H2,1-2H3,(H,54,57)(H,63,64)/b12-10+,19-18-,22-21-,41-39+. The van der Waals surface area contributed by atoms with Crippen LogP contribution in [0, 0.1) is 0 Å². The van der Waals surface area contributed by atoms with Crippen molar-refractivity contribution in [3.8, 4) is 0 Å². The maximum atomic E-state index is 13.0. The van der Waals surface area contributed by atoms with E-state index in [4.69, 9.17) is 9.05 Å². The van der Waals surface area contributed by atoms with Gasteiger partial charge in [0, 0.05) is 0 Å². The second kappa shape index (κ2) is 42.0. The van der Waals surface area contributed by atoms with Gasteiger partial charge in [0.05, 0.1) is 31.3 Å². The molecule has 0 saturated heterocycles. The molecule has 14 heteroatoms. The fraction of sp³-hybridized carbons (Fsp3) is 0.830. The molecule has 0 bridgehead atoms. The molecule has 1 aliphatic rings. The molecule has 392 valence electrons. The Kier molecular flexibility index (Phi) is 39.7. The number of aliphatic hydroxyl groups excluding tert-OH is 7. The molecule has 0 aromatic heterocycles. The Bertz CT molecular complexity index is 1330. The van der Waals surface area contributed by atoms with Gasteiger partial charge in [-0.1, -0.05) is 204 Å². The molecule has 0 heterocycles. The molecule has 0 aromatic carbocycles. The van der Waals surface area contributed by atoms with E-state index in [9.17, 15) is 50.0 Å². The Morgan fingerprint density at radius 2 is 0.940 bits per heavy atom. The molecule has 1 saturated carbocycles. The molecule has 13 nitrogen and oxygen atoms in total. The number of allylic oxidation sites excluding steroid dienone is 7. The van der Waals surface area contributed by atoms with E-state index in [-0.39, 0.29) is 6.42 Å². The normalized spacial score (nSPS) is 22.6. The predicted octanol–water partition coefficient (Wildman–Crippen LogP) is 10.3. The molecule has 1 aliphatic carbocycles. The van der Waals surface area contributed by atoms with Crippen LogP contribution in [-0.4, -0.2) is 108 Å². The van der Waals surface area contributed by atoms with Gasteiger partial charge in [0.15, 0.2) is 0 Å². The first-order valence-electron chi connectivity index (χ1n) is 26.7. The highest BCUT2D eigenvalue weighted by molar-refractivity contribution is 7.47. The first kappa shape index (κ1) is 63.3. The number of hydrogen-bond acceptors (Lipinski definition) is 11. The van der Waals surface area contributed by atoms with Crippen LogP contribution >= 0.6 is 7.82 Å². The first-order valence-corrected chi connectivity index (χ1v) is 28.2. The minimum Gasteiger partial charge on any atom is -0.393 e. The minimum absolute atomic E-state index is 0.254. The summed E-state index contributed by atoms with van der Waals surface area (Å²) in [5, 5.41) is 74.3. The fourth-order valence-electron chi connectivity index (χ4n) is 8.27. The Hall–Kier alpha value is -1.74. The number of hydrogen-bond donors (Lipinski definition) is 9. The third-order valence-corrected chi connectivity index (χ3v) is 13.6. The van der Waals surface area contributed by atoms with Crippen LogP contribution in [0.1, 0.15) is 219 Å². The lowest BCUT2D eigenvalue weighted by Crippen LogP contribution is -2.64. The van der Waals surface area contributed by atoms with Crippen molar-refractivity contribution in [1.29, 1.82) is 0 Å². The number of carbonyl (C=O) groups excluding carboxylic acids is 1. The third kappa shape index (κ3) is 33.5. The highest BCUT2D eigenvalue weighted by Gasteiger charge is 2.51. The maximum Gasteiger partial charge on any atom is 0.472 e. The van der Waals surface area contributed by atoms with Crippen LogP contribution in [0.3, 0.4) is 0 Å². The number of aliphatic hydroxyl groups is 7. The first-order chi connectivity index (χ1) is 32.3. The zero-order valence-corrected chi connectivity index (χ0v) is 42.7. The second-order valence-electron chi connectivity index (χ2n) is 18.9. The van der Waals surface area contributed by atoms with Gasteiger partial charge in [-0.15, -0.1) is 0 Å². The van der Waals surface area contributed by atoms with Crippen LogP contribution in [0.5, 0.6) is 0 Å². The van der Waals surface area contributed by atoms with Crippen LogP contribution in [-0.2, 0) is 18.4 Å². The summed E-state index contributed by atoms with van der Waals surface area (Å²) in [5.74, 6) is -0.607. The summed E-state index contributed by atoms with van der Waals surface area (Å²) in [6.07, 6.45) is 38.3. The van der Waals surface area contributed by atoms with Gasteiger partial charge in [0.1, 0.15) is 36.6 Å². The molecule has 8 atom stereocenters. The van der Waals surface area contributed by atoms with Crippen LogP contribution < -0.4 is 5.32 Å². The Morgan fingerprint density at radius 3 is 1.45 bits per heavy atom. The van der Waals surface area contributed by atoms with E-state index in [1.165, 1.54) is 134 Å². The van der Waals surface area contributed by atoms with Gasteiger partial charge in [0.25, 0.3) is 0 Å². The van der Waals surface area contributed by atoms with Gasteiger partial charge >= 0.3 is 7.82 Å². The number of phosphoric ester groups is 1. The van der Waals surface area contributed by atoms with Crippen molar-refractivity contribution in [1.82, 2.24) is 5.32 Å². The van der Waals surface area contributed by atoms with Gasteiger partial charge < -0.3 is 46.0 Å². The van der Waals surface area contributed by atoms with Gasteiger partial charge in [-0.2, -0.15) is 0 Å². The van der Waals surface area contributed by atoms with Gasteiger partial charge in [-0.25, -0.2) is 4.57 Å². The van der Waals surface area contributed by atoms with Crippen LogP contribution in [0.15, 0.2) is 48.6 Å². The van der Waals surface area contributed by atoms with Crippen LogP contribution in [0.25, 0.3) is 0 Å². The van der Waals surface area contributed by atoms with Gasteiger partial charge in [-0.3, -0.25) is 13.8 Å². The number of amides is 1. The Labute approximate surface area is 406 Å². The van der Waals surface area contributed by atoms with E-state index in [2.05, 4.69) is 49.5 Å². The summed E-state index contributed by atoms with van der Waals surface area (Å²) in [4.78, 5) is 23.4. The molecule has 67 heavy (non-hydrogen) atoms. The number of carbonyl (C=O) groups is 1. The van der Waals surface area contributed by atoms with Crippen molar-refractivity contribution in [2.45, 2.75) is 274 Å². The molecule has 1 rings (SSSR count). The van der Waals surface area contributed by atoms with Crippen molar-refractivity contribution in [2.75, 3.05) is 6.61 Å². The summed E-state index contributed by atoms with van der Waals surface area (Å²) in [5.41, 5.74) is 0. The fourth-order valence-corrected chi connectivity index (χ4v) is 9.24. The average Bonchev–Trinajstić information content (AvgIpc) is 3.30. The second-order valence-corrected chi connectivity index (χ2v) is 20.3. The topological polar surface area (TPSA) is 226 Å². The monoisotopic (exact) mass is 972 g/mol. The number of phosphoric acid groups is 1. The lowest BCUT2D eigenvalue weighted by molar-refractivity contribution is -0.220. The van der Waals surface area contributed by atoms with Crippen molar-refractivity contribution < 1.29 is 59.0 Å². The Balaban J connectivity index is 2.25. The molecule has 0 spiro atoms. The van der Waals surface area contributed by atoms with E-state index in [1.54, 1.807) is 6.08 Å². The van der Waals surface area contributed by atoms with Crippen molar-refractivity contribution in [3.05, 3.63) is 48.6 Å². The zero-order valence-electron chi connectivity index (χ0n) is 41.8. The van der Waals surface area contributed by atoms with Gasteiger partial charge in [-0.05, 0) is 57.8 Å². The molecule has 0 radical (unpaired) electrons.